The lowest BCUT2D eigenvalue weighted by Gasteiger charge is -2.16. The largest absolute Gasteiger partial charge is 0.370 e. The van der Waals surface area contributed by atoms with Crippen molar-refractivity contribution >= 4 is 16.0 Å². The summed E-state index contributed by atoms with van der Waals surface area (Å²) in [5.74, 6) is 0.468. The molecule has 0 atom stereocenters. The summed E-state index contributed by atoms with van der Waals surface area (Å²) in [6.45, 7) is 3.37. The molecule has 0 heterocycles. The van der Waals surface area contributed by atoms with Gasteiger partial charge in [0.15, 0.2) is 5.96 Å². The van der Waals surface area contributed by atoms with Crippen molar-refractivity contribution in [2.24, 2.45) is 10.7 Å². The Morgan fingerprint density at radius 1 is 1.53 bits per heavy atom. The summed E-state index contributed by atoms with van der Waals surface area (Å²) < 4.78 is 24.0. The molecule has 0 aromatic rings. The molecule has 0 aliphatic heterocycles. The number of hydrogen-bond donors (Lipinski definition) is 2. The lowest BCUT2D eigenvalue weighted by molar-refractivity contribution is 0.427. The van der Waals surface area contributed by atoms with E-state index in [1.54, 1.807) is 0 Å². The second-order valence-electron chi connectivity index (χ2n) is 4.29. The van der Waals surface area contributed by atoms with Crippen LogP contribution in [0, 0.1) is 0 Å². The lowest BCUT2D eigenvalue weighted by Crippen LogP contribution is -2.34. The van der Waals surface area contributed by atoms with Gasteiger partial charge in [0.05, 0.1) is 6.26 Å². The van der Waals surface area contributed by atoms with Gasteiger partial charge in [-0.05, 0) is 19.3 Å². The van der Waals surface area contributed by atoms with Gasteiger partial charge < -0.3 is 11.1 Å². The molecule has 17 heavy (non-hydrogen) atoms. The standard InChI is InChI=1S/C10H22N4O2S/c1-3-14(17(2,15)16)8-4-7-12-10(11)13-9-5-6-9/h9H,3-8H2,1-2H3,(H3,11,12,13). The van der Waals surface area contributed by atoms with Crippen molar-refractivity contribution in [3.63, 3.8) is 0 Å². The Morgan fingerprint density at radius 2 is 2.18 bits per heavy atom. The predicted molar refractivity (Wildman–Crippen MR) is 69.4 cm³/mol. The molecule has 1 aliphatic carbocycles. The average molecular weight is 262 g/mol. The van der Waals surface area contributed by atoms with E-state index in [2.05, 4.69) is 10.3 Å². The van der Waals surface area contributed by atoms with Crippen LogP contribution in [0.1, 0.15) is 26.2 Å². The van der Waals surface area contributed by atoms with Gasteiger partial charge in [0.25, 0.3) is 0 Å². The highest BCUT2D eigenvalue weighted by molar-refractivity contribution is 7.88. The molecule has 3 N–H and O–H groups in total. The highest BCUT2D eigenvalue weighted by Crippen LogP contribution is 2.17. The van der Waals surface area contributed by atoms with E-state index in [-0.39, 0.29) is 0 Å². The number of hydrogen-bond acceptors (Lipinski definition) is 3. The third kappa shape index (κ3) is 5.88. The third-order valence-corrected chi connectivity index (χ3v) is 3.98. The molecule has 0 spiro atoms. The van der Waals surface area contributed by atoms with Crippen LogP contribution in [0.15, 0.2) is 4.99 Å². The van der Waals surface area contributed by atoms with E-state index in [0.717, 1.165) is 12.8 Å². The number of nitrogens with one attached hydrogen (secondary N) is 1. The summed E-state index contributed by atoms with van der Waals surface area (Å²) in [4.78, 5) is 4.15. The highest BCUT2D eigenvalue weighted by Gasteiger charge is 2.21. The molecule has 1 fully saturated rings. The molecule has 1 aliphatic rings. The summed E-state index contributed by atoms with van der Waals surface area (Å²) in [7, 11) is -3.09. The minimum Gasteiger partial charge on any atom is -0.370 e. The minimum absolute atomic E-state index is 0.468. The summed E-state index contributed by atoms with van der Waals surface area (Å²) >= 11 is 0. The second kappa shape index (κ2) is 6.20. The van der Waals surface area contributed by atoms with E-state index in [1.807, 2.05) is 6.92 Å². The molecule has 0 radical (unpaired) electrons. The molecule has 0 saturated heterocycles. The summed E-state index contributed by atoms with van der Waals surface area (Å²) in [6.07, 6.45) is 4.23. The summed E-state index contributed by atoms with van der Waals surface area (Å²) in [5, 5.41) is 3.08. The zero-order valence-electron chi connectivity index (χ0n) is 10.5. The van der Waals surface area contributed by atoms with E-state index in [1.165, 1.54) is 10.6 Å². The molecular weight excluding hydrogens is 240 g/mol. The van der Waals surface area contributed by atoms with Gasteiger partial charge in [0, 0.05) is 25.7 Å². The Kier molecular flexibility index (Phi) is 5.20. The van der Waals surface area contributed by atoms with Crippen LogP contribution in [0.4, 0.5) is 0 Å². The van der Waals surface area contributed by atoms with Crippen molar-refractivity contribution in [1.82, 2.24) is 9.62 Å². The Bertz CT molecular complexity index is 363. The zero-order chi connectivity index (χ0) is 12.9. The van der Waals surface area contributed by atoms with Gasteiger partial charge >= 0.3 is 0 Å². The van der Waals surface area contributed by atoms with Gasteiger partial charge in [-0.2, -0.15) is 0 Å². The smallest absolute Gasteiger partial charge is 0.211 e. The van der Waals surface area contributed by atoms with Gasteiger partial charge in [-0.15, -0.1) is 0 Å². The Morgan fingerprint density at radius 3 is 2.65 bits per heavy atom. The molecule has 0 bridgehead atoms. The normalized spacial score (nSPS) is 17.5. The first kappa shape index (κ1) is 14.2. The molecule has 7 heteroatoms. The van der Waals surface area contributed by atoms with E-state index in [0.29, 0.717) is 38.1 Å². The highest BCUT2D eigenvalue weighted by atomic mass is 32.2. The van der Waals surface area contributed by atoms with Gasteiger partial charge in [-0.25, -0.2) is 12.7 Å². The van der Waals surface area contributed by atoms with Gasteiger partial charge in [-0.3, -0.25) is 4.99 Å². The van der Waals surface area contributed by atoms with Crippen LogP contribution >= 0.6 is 0 Å². The molecule has 6 nitrogen and oxygen atoms in total. The van der Waals surface area contributed by atoms with E-state index >= 15 is 0 Å². The molecule has 100 valence electrons. The first-order valence-electron chi connectivity index (χ1n) is 5.95. The van der Waals surface area contributed by atoms with E-state index in [9.17, 15) is 8.42 Å². The maximum absolute atomic E-state index is 11.3. The molecule has 1 saturated carbocycles. The van der Waals surface area contributed by atoms with Crippen LogP contribution in [0.2, 0.25) is 0 Å². The van der Waals surface area contributed by atoms with Gasteiger partial charge in [0.2, 0.25) is 10.0 Å². The van der Waals surface area contributed by atoms with Crippen molar-refractivity contribution in [2.45, 2.75) is 32.2 Å². The summed E-state index contributed by atoms with van der Waals surface area (Å²) in [6, 6.07) is 0.502. The average Bonchev–Trinajstić information content (AvgIpc) is 2.99. The fourth-order valence-corrected chi connectivity index (χ4v) is 2.42. The van der Waals surface area contributed by atoms with Crippen molar-refractivity contribution in [3.8, 4) is 0 Å². The van der Waals surface area contributed by atoms with Crippen molar-refractivity contribution < 1.29 is 8.42 Å². The number of rotatable bonds is 7. The quantitative estimate of drug-likeness (QED) is 0.375. The lowest BCUT2D eigenvalue weighted by atomic mass is 10.4. The SMILES string of the molecule is CCN(CCCN=C(N)NC1CC1)S(C)(=O)=O. The van der Waals surface area contributed by atoms with Crippen LogP contribution in [-0.2, 0) is 10.0 Å². The first-order chi connectivity index (χ1) is 7.93. The van der Waals surface area contributed by atoms with Crippen LogP contribution in [0.25, 0.3) is 0 Å². The van der Waals surface area contributed by atoms with Crippen LogP contribution < -0.4 is 11.1 Å². The van der Waals surface area contributed by atoms with E-state index < -0.39 is 10.0 Å². The van der Waals surface area contributed by atoms with Crippen LogP contribution in [0.5, 0.6) is 0 Å². The fraction of sp³-hybridized carbons (Fsp3) is 0.900. The fourth-order valence-electron chi connectivity index (χ4n) is 1.49. The number of guanidine groups is 1. The Labute approximate surface area is 103 Å². The number of sulfonamides is 1. The van der Waals surface area contributed by atoms with Crippen LogP contribution in [-0.4, -0.2) is 50.6 Å². The molecular formula is C10H22N4O2S. The molecule has 0 aromatic carbocycles. The third-order valence-electron chi connectivity index (χ3n) is 2.60. The monoisotopic (exact) mass is 262 g/mol. The number of nitrogens with zero attached hydrogens (tertiary/aromatic N) is 2. The van der Waals surface area contributed by atoms with Crippen molar-refractivity contribution in [2.75, 3.05) is 25.9 Å². The molecule has 0 amide bonds. The topological polar surface area (TPSA) is 87.8 Å². The first-order valence-corrected chi connectivity index (χ1v) is 7.80. The minimum atomic E-state index is -3.09. The van der Waals surface area contributed by atoms with Gasteiger partial charge in [-0.1, -0.05) is 6.92 Å². The van der Waals surface area contributed by atoms with Crippen LogP contribution in [0.3, 0.4) is 0 Å². The zero-order valence-corrected chi connectivity index (χ0v) is 11.3. The van der Waals surface area contributed by atoms with E-state index in [4.69, 9.17) is 5.73 Å². The predicted octanol–water partition coefficient (Wildman–Crippen LogP) is -0.275. The molecule has 0 aromatic heterocycles. The number of aliphatic imine (C=N–C) groups is 1. The Hall–Kier alpha value is -0.820. The maximum atomic E-state index is 11.3. The maximum Gasteiger partial charge on any atom is 0.211 e. The molecule has 1 rings (SSSR count). The Balaban J connectivity index is 2.21. The second-order valence-corrected chi connectivity index (χ2v) is 6.28. The summed E-state index contributed by atoms with van der Waals surface area (Å²) in [5.41, 5.74) is 5.66. The van der Waals surface area contributed by atoms with Gasteiger partial charge in [0.1, 0.15) is 0 Å². The number of nitrogens with two attached hydrogens (primary N) is 1. The van der Waals surface area contributed by atoms with Crippen molar-refractivity contribution in [1.29, 1.82) is 0 Å². The molecule has 0 unspecified atom stereocenters. The van der Waals surface area contributed by atoms with Crippen molar-refractivity contribution in [3.05, 3.63) is 0 Å².